The summed E-state index contributed by atoms with van der Waals surface area (Å²) in [6, 6.07) is 8.16. The summed E-state index contributed by atoms with van der Waals surface area (Å²) in [7, 11) is 0. The number of hydrogen-bond acceptors (Lipinski definition) is 2. The van der Waals surface area contributed by atoms with Gasteiger partial charge in [-0.3, -0.25) is 9.37 Å². The summed E-state index contributed by atoms with van der Waals surface area (Å²) in [4.78, 5) is 18.3. The maximum atomic E-state index is 13.8. The number of anilines is 1. The highest BCUT2D eigenvalue weighted by Gasteiger charge is 2.39. The number of halogens is 4. The van der Waals surface area contributed by atoms with Gasteiger partial charge in [-0.25, -0.2) is 4.79 Å². The number of carbonyl (C=O) groups excluding carboxylic acids is 1. The molecule has 8 heteroatoms. The van der Waals surface area contributed by atoms with E-state index in [0.717, 1.165) is 12.1 Å². The van der Waals surface area contributed by atoms with Crippen molar-refractivity contribution in [2.45, 2.75) is 31.4 Å². The lowest BCUT2D eigenvalue weighted by Crippen LogP contribution is -2.48. The lowest BCUT2D eigenvalue weighted by atomic mass is 9.76. The third-order valence-electron chi connectivity index (χ3n) is 5.27. The zero-order valence-electron chi connectivity index (χ0n) is 15.4. The number of carbonyl (C=O) groups is 1. The lowest BCUT2D eigenvalue weighted by Gasteiger charge is -2.39. The largest absolute Gasteiger partial charge is 0.416 e. The number of piperidine rings is 1. The molecule has 0 aliphatic carbocycles. The van der Waals surface area contributed by atoms with Gasteiger partial charge in [0.2, 0.25) is 0 Å². The molecule has 2 heterocycles. The van der Waals surface area contributed by atoms with E-state index in [-0.39, 0.29) is 0 Å². The van der Waals surface area contributed by atoms with Crippen LogP contribution in [0.1, 0.15) is 29.7 Å². The number of nitrogens with one attached hydrogen (secondary N) is 1. The number of rotatable bonds is 3. The molecule has 2 aromatic rings. The Morgan fingerprint density at radius 1 is 1.21 bits per heavy atom. The van der Waals surface area contributed by atoms with Crippen LogP contribution in [0.3, 0.4) is 0 Å². The molecule has 1 aliphatic rings. The molecule has 0 saturated carbocycles. The van der Waals surface area contributed by atoms with E-state index in [9.17, 15) is 22.4 Å². The topological polar surface area (TPSA) is 45.2 Å². The first-order chi connectivity index (χ1) is 13.2. The highest BCUT2D eigenvalue weighted by Crippen LogP contribution is 2.35. The van der Waals surface area contributed by atoms with Gasteiger partial charge in [-0.05, 0) is 55.7 Å². The maximum Gasteiger partial charge on any atom is 0.416 e. The highest BCUT2D eigenvalue weighted by atomic mass is 19.4. The number of aromatic nitrogens is 1. The lowest BCUT2D eigenvalue weighted by molar-refractivity contribution is -0.137. The third-order valence-corrected chi connectivity index (χ3v) is 5.27. The number of pyridine rings is 1. The number of benzene rings is 1. The average Bonchev–Trinajstić information content (AvgIpc) is 2.69. The van der Waals surface area contributed by atoms with Crippen LogP contribution < -0.4 is 5.32 Å². The summed E-state index contributed by atoms with van der Waals surface area (Å²) < 4.78 is 52.1. The molecule has 0 atom stereocenters. The molecule has 0 radical (unpaired) electrons. The Hall–Kier alpha value is -2.64. The minimum Gasteiger partial charge on any atom is -0.324 e. The number of aryl methyl sites for hydroxylation is 1. The quantitative estimate of drug-likeness (QED) is 0.748. The van der Waals surface area contributed by atoms with Gasteiger partial charge in [0.15, 0.2) is 0 Å². The van der Waals surface area contributed by atoms with Crippen LogP contribution in [0.2, 0.25) is 0 Å². The molecular weight excluding hydrogens is 374 g/mol. The zero-order valence-corrected chi connectivity index (χ0v) is 15.4. The van der Waals surface area contributed by atoms with E-state index < -0.39 is 29.9 Å². The van der Waals surface area contributed by atoms with Crippen molar-refractivity contribution >= 4 is 11.7 Å². The Balaban J connectivity index is 1.66. The predicted octanol–water partition coefficient (Wildman–Crippen LogP) is 4.94. The monoisotopic (exact) mass is 395 g/mol. The van der Waals surface area contributed by atoms with Gasteiger partial charge >= 0.3 is 12.2 Å². The molecule has 150 valence electrons. The number of hydrogen-bond donors (Lipinski definition) is 1. The zero-order chi connectivity index (χ0) is 20.4. The molecule has 28 heavy (non-hydrogen) atoms. The van der Waals surface area contributed by atoms with Gasteiger partial charge in [0, 0.05) is 36.1 Å². The van der Waals surface area contributed by atoms with Crippen molar-refractivity contribution in [2.75, 3.05) is 25.1 Å². The first-order valence-electron chi connectivity index (χ1n) is 8.96. The second kappa shape index (κ2) is 7.77. The Bertz CT molecular complexity index is 831. The Kier molecular flexibility index (Phi) is 5.58. The molecule has 0 bridgehead atoms. The molecule has 3 rings (SSSR count). The number of likely N-dealkylation sites (tertiary alicyclic amines) is 1. The SMILES string of the molecule is Cc1cc(C(F)(F)F)ccc1NC(=O)N1CCC(CF)(c2ccccn2)CC1. The van der Waals surface area contributed by atoms with E-state index in [0.29, 0.717) is 42.9 Å². The van der Waals surface area contributed by atoms with Crippen LogP contribution >= 0.6 is 0 Å². The molecule has 2 amide bonds. The van der Waals surface area contributed by atoms with Crippen LogP contribution in [0, 0.1) is 6.92 Å². The fraction of sp³-hybridized carbons (Fsp3) is 0.400. The average molecular weight is 395 g/mol. The molecule has 1 saturated heterocycles. The van der Waals surface area contributed by atoms with Gasteiger partial charge in [-0.15, -0.1) is 0 Å². The van der Waals surface area contributed by atoms with Crippen molar-refractivity contribution in [3.63, 3.8) is 0 Å². The molecule has 0 spiro atoms. The van der Waals surface area contributed by atoms with Crippen LogP contribution in [0.15, 0.2) is 42.6 Å². The second-order valence-corrected chi connectivity index (χ2v) is 7.07. The number of urea groups is 1. The molecule has 0 unspecified atom stereocenters. The summed E-state index contributed by atoms with van der Waals surface area (Å²) in [5, 5.41) is 2.65. The van der Waals surface area contributed by atoms with E-state index in [1.807, 2.05) is 6.07 Å². The fourth-order valence-electron chi connectivity index (χ4n) is 3.45. The van der Waals surface area contributed by atoms with Crippen LogP contribution in [-0.4, -0.2) is 35.7 Å². The number of alkyl halides is 4. The van der Waals surface area contributed by atoms with Crippen molar-refractivity contribution in [1.82, 2.24) is 9.88 Å². The molecule has 1 aromatic heterocycles. The summed E-state index contributed by atoms with van der Waals surface area (Å²) in [5.74, 6) is 0. The molecular formula is C20H21F4N3O. The summed E-state index contributed by atoms with van der Waals surface area (Å²) in [6.07, 6.45) is -1.94. The van der Waals surface area contributed by atoms with Gasteiger partial charge in [0.05, 0.1) is 5.56 Å². The van der Waals surface area contributed by atoms with Gasteiger partial charge in [0.1, 0.15) is 6.67 Å². The Labute approximate surface area is 160 Å². The smallest absolute Gasteiger partial charge is 0.324 e. The van der Waals surface area contributed by atoms with Crippen molar-refractivity contribution in [2.24, 2.45) is 0 Å². The van der Waals surface area contributed by atoms with Crippen molar-refractivity contribution < 1.29 is 22.4 Å². The predicted molar refractivity (Wildman–Crippen MR) is 97.9 cm³/mol. The van der Waals surface area contributed by atoms with E-state index >= 15 is 0 Å². The van der Waals surface area contributed by atoms with Crippen LogP contribution in [0.25, 0.3) is 0 Å². The summed E-state index contributed by atoms with van der Waals surface area (Å²) >= 11 is 0. The van der Waals surface area contributed by atoms with Crippen molar-refractivity contribution in [3.8, 4) is 0 Å². The molecule has 1 aromatic carbocycles. The summed E-state index contributed by atoms with van der Waals surface area (Å²) in [6.45, 7) is 1.63. The maximum absolute atomic E-state index is 13.8. The van der Waals surface area contributed by atoms with Gasteiger partial charge in [0.25, 0.3) is 0 Å². The standard InChI is InChI=1S/C20H21F4N3O/c1-14-12-15(20(22,23)24)5-6-16(14)26-18(28)27-10-7-19(13-21,8-11-27)17-4-2-3-9-25-17/h2-6,9,12H,7-8,10-11,13H2,1H3,(H,26,28). The van der Waals surface area contributed by atoms with Crippen LogP contribution in [-0.2, 0) is 11.6 Å². The van der Waals surface area contributed by atoms with Crippen molar-refractivity contribution in [1.29, 1.82) is 0 Å². The Morgan fingerprint density at radius 2 is 1.93 bits per heavy atom. The molecule has 1 aliphatic heterocycles. The van der Waals surface area contributed by atoms with E-state index in [1.165, 1.54) is 13.0 Å². The van der Waals surface area contributed by atoms with Gasteiger partial charge in [-0.2, -0.15) is 13.2 Å². The number of nitrogens with zero attached hydrogens (tertiary/aromatic N) is 2. The fourth-order valence-corrected chi connectivity index (χ4v) is 3.45. The third kappa shape index (κ3) is 4.10. The number of amides is 2. The molecule has 1 fully saturated rings. The normalized spacial score (nSPS) is 16.7. The van der Waals surface area contributed by atoms with Crippen molar-refractivity contribution in [3.05, 3.63) is 59.4 Å². The molecule has 1 N–H and O–H groups in total. The van der Waals surface area contributed by atoms with Gasteiger partial charge in [-0.1, -0.05) is 6.07 Å². The first kappa shape index (κ1) is 20.1. The first-order valence-corrected chi connectivity index (χ1v) is 8.96. The van der Waals surface area contributed by atoms with E-state index in [2.05, 4.69) is 10.3 Å². The molecule has 4 nitrogen and oxygen atoms in total. The highest BCUT2D eigenvalue weighted by molar-refractivity contribution is 5.90. The van der Waals surface area contributed by atoms with Crippen LogP contribution in [0.5, 0.6) is 0 Å². The Morgan fingerprint density at radius 3 is 2.46 bits per heavy atom. The van der Waals surface area contributed by atoms with E-state index in [1.54, 1.807) is 23.2 Å². The van der Waals surface area contributed by atoms with Crippen LogP contribution in [0.4, 0.5) is 28.0 Å². The van der Waals surface area contributed by atoms with Gasteiger partial charge < -0.3 is 10.2 Å². The summed E-state index contributed by atoms with van der Waals surface area (Å²) in [5.41, 5.74) is -0.139. The minimum absolute atomic E-state index is 0.324. The minimum atomic E-state index is -4.43. The second-order valence-electron chi connectivity index (χ2n) is 7.07. The van der Waals surface area contributed by atoms with E-state index in [4.69, 9.17) is 0 Å².